The van der Waals surface area contributed by atoms with Gasteiger partial charge < -0.3 is 9.84 Å². The molecule has 0 aromatic rings. The van der Waals surface area contributed by atoms with E-state index < -0.39 is 17.6 Å². The van der Waals surface area contributed by atoms with E-state index in [9.17, 15) is 9.18 Å². The number of hydrogen-bond acceptors (Lipinski definition) is 2. The summed E-state index contributed by atoms with van der Waals surface area (Å²) in [6.07, 6.45) is 1.51. The first-order valence-electron chi connectivity index (χ1n) is 5.10. The standard InChI is InChI=1S/C10H15FO3/c11-8-3-4-14-6-10(8,9(12)13)5-7-1-2-7/h7-8H,1-6H2,(H,12,13). The zero-order valence-electron chi connectivity index (χ0n) is 8.04. The molecule has 1 saturated carbocycles. The Labute approximate surface area is 82.2 Å². The van der Waals surface area contributed by atoms with Gasteiger partial charge in [0.1, 0.15) is 11.6 Å². The van der Waals surface area contributed by atoms with Crippen LogP contribution in [0.5, 0.6) is 0 Å². The third kappa shape index (κ3) is 1.63. The average molecular weight is 202 g/mol. The minimum absolute atomic E-state index is 0.0417. The Balaban J connectivity index is 2.13. The number of carboxylic acids is 1. The first-order valence-corrected chi connectivity index (χ1v) is 5.10. The van der Waals surface area contributed by atoms with E-state index in [1.807, 2.05) is 0 Å². The van der Waals surface area contributed by atoms with Gasteiger partial charge in [0.25, 0.3) is 0 Å². The summed E-state index contributed by atoms with van der Waals surface area (Å²) in [5.41, 5.74) is -1.25. The van der Waals surface area contributed by atoms with Crippen molar-refractivity contribution >= 4 is 5.97 Å². The summed E-state index contributed by atoms with van der Waals surface area (Å²) >= 11 is 0. The first-order chi connectivity index (χ1) is 6.65. The highest BCUT2D eigenvalue weighted by Gasteiger charge is 2.51. The van der Waals surface area contributed by atoms with E-state index in [1.54, 1.807) is 0 Å². The van der Waals surface area contributed by atoms with Crippen LogP contribution in [0.3, 0.4) is 0 Å². The smallest absolute Gasteiger partial charge is 0.314 e. The molecule has 2 rings (SSSR count). The van der Waals surface area contributed by atoms with E-state index in [2.05, 4.69) is 0 Å². The van der Waals surface area contributed by atoms with E-state index >= 15 is 0 Å². The summed E-state index contributed by atoms with van der Waals surface area (Å²) < 4.78 is 18.8. The van der Waals surface area contributed by atoms with Crippen LogP contribution in [0.25, 0.3) is 0 Å². The maximum atomic E-state index is 13.7. The lowest BCUT2D eigenvalue weighted by molar-refractivity contribution is -0.167. The molecular weight excluding hydrogens is 187 g/mol. The van der Waals surface area contributed by atoms with Gasteiger partial charge in [-0.25, -0.2) is 4.39 Å². The fourth-order valence-electron chi connectivity index (χ4n) is 2.11. The van der Waals surface area contributed by atoms with Crippen molar-refractivity contribution < 1.29 is 19.0 Å². The lowest BCUT2D eigenvalue weighted by Gasteiger charge is -2.36. The Morgan fingerprint density at radius 2 is 2.21 bits per heavy atom. The van der Waals surface area contributed by atoms with E-state index in [-0.39, 0.29) is 13.0 Å². The van der Waals surface area contributed by atoms with Gasteiger partial charge in [0.05, 0.1) is 6.61 Å². The van der Waals surface area contributed by atoms with Gasteiger partial charge in [-0.1, -0.05) is 12.8 Å². The molecule has 0 radical (unpaired) electrons. The zero-order chi connectivity index (χ0) is 10.2. The highest BCUT2D eigenvalue weighted by atomic mass is 19.1. The second-order valence-corrected chi connectivity index (χ2v) is 4.42. The summed E-state index contributed by atoms with van der Waals surface area (Å²) in [5, 5.41) is 9.12. The van der Waals surface area contributed by atoms with Crippen LogP contribution in [-0.2, 0) is 9.53 Å². The number of carboxylic acid groups (broad SMARTS) is 1. The number of ether oxygens (including phenoxy) is 1. The monoisotopic (exact) mass is 202 g/mol. The van der Waals surface area contributed by atoms with Crippen LogP contribution in [0, 0.1) is 11.3 Å². The molecule has 14 heavy (non-hydrogen) atoms. The number of hydrogen-bond donors (Lipinski definition) is 1. The molecule has 1 saturated heterocycles. The van der Waals surface area contributed by atoms with Crippen LogP contribution in [0.2, 0.25) is 0 Å². The van der Waals surface area contributed by atoms with Crippen LogP contribution < -0.4 is 0 Å². The molecule has 3 nitrogen and oxygen atoms in total. The van der Waals surface area contributed by atoms with Crippen LogP contribution in [0.1, 0.15) is 25.7 Å². The second kappa shape index (κ2) is 3.50. The molecule has 0 aromatic carbocycles. The van der Waals surface area contributed by atoms with E-state index in [0.29, 0.717) is 18.9 Å². The van der Waals surface area contributed by atoms with Crippen molar-refractivity contribution in [2.45, 2.75) is 31.9 Å². The SMILES string of the molecule is O=C(O)C1(CC2CC2)COCCC1F. The molecule has 1 aliphatic heterocycles. The molecule has 0 spiro atoms. The summed E-state index contributed by atoms with van der Waals surface area (Å²) in [4.78, 5) is 11.1. The molecule has 4 heteroatoms. The van der Waals surface area contributed by atoms with Gasteiger partial charge >= 0.3 is 5.97 Å². The van der Waals surface area contributed by atoms with Crippen LogP contribution in [-0.4, -0.2) is 30.5 Å². The zero-order valence-corrected chi connectivity index (χ0v) is 8.04. The van der Waals surface area contributed by atoms with E-state index in [4.69, 9.17) is 9.84 Å². The van der Waals surface area contributed by atoms with Crippen LogP contribution in [0.15, 0.2) is 0 Å². The molecule has 0 aromatic heterocycles. The lowest BCUT2D eigenvalue weighted by Crippen LogP contribution is -2.48. The molecule has 2 aliphatic rings. The maximum Gasteiger partial charge on any atom is 0.314 e. The predicted octanol–water partition coefficient (Wildman–Crippen LogP) is 1.62. The number of aliphatic carboxylic acids is 1. The molecule has 2 unspecified atom stereocenters. The van der Waals surface area contributed by atoms with Crippen molar-refractivity contribution in [3.63, 3.8) is 0 Å². The molecule has 0 amide bonds. The van der Waals surface area contributed by atoms with E-state index in [1.165, 1.54) is 0 Å². The third-order valence-electron chi connectivity index (χ3n) is 3.25. The Morgan fingerprint density at radius 1 is 1.50 bits per heavy atom. The molecule has 2 atom stereocenters. The number of alkyl halides is 1. The molecule has 1 heterocycles. The van der Waals surface area contributed by atoms with Crippen molar-refractivity contribution in [3.8, 4) is 0 Å². The minimum Gasteiger partial charge on any atom is -0.481 e. The fraction of sp³-hybridized carbons (Fsp3) is 0.900. The summed E-state index contributed by atoms with van der Waals surface area (Å²) in [6.45, 7) is 0.390. The Morgan fingerprint density at radius 3 is 2.71 bits per heavy atom. The molecule has 1 aliphatic carbocycles. The maximum absolute atomic E-state index is 13.7. The Kier molecular flexibility index (Phi) is 2.47. The highest BCUT2D eigenvalue weighted by molar-refractivity contribution is 5.76. The number of halogens is 1. The Hall–Kier alpha value is -0.640. The van der Waals surface area contributed by atoms with Gasteiger partial charge in [-0.3, -0.25) is 4.79 Å². The average Bonchev–Trinajstić information content (AvgIpc) is 2.92. The highest BCUT2D eigenvalue weighted by Crippen LogP contribution is 2.45. The van der Waals surface area contributed by atoms with Gasteiger partial charge in [-0.05, 0) is 12.3 Å². The van der Waals surface area contributed by atoms with Crippen molar-refractivity contribution in [1.29, 1.82) is 0 Å². The normalized spacial score (nSPS) is 38.2. The minimum atomic E-state index is -1.25. The van der Waals surface area contributed by atoms with Crippen molar-refractivity contribution in [3.05, 3.63) is 0 Å². The lowest BCUT2D eigenvalue weighted by atomic mass is 9.76. The van der Waals surface area contributed by atoms with Gasteiger partial charge in [0.2, 0.25) is 0 Å². The fourth-order valence-corrected chi connectivity index (χ4v) is 2.11. The van der Waals surface area contributed by atoms with Crippen molar-refractivity contribution in [2.75, 3.05) is 13.2 Å². The molecule has 1 N–H and O–H groups in total. The third-order valence-corrected chi connectivity index (χ3v) is 3.25. The summed E-state index contributed by atoms with van der Waals surface area (Å²) in [7, 11) is 0. The first kappa shape index (κ1) is 9.90. The van der Waals surface area contributed by atoms with Crippen molar-refractivity contribution in [1.82, 2.24) is 0 Å². The van der Waals surface area contributed by atoms with Gasteiger partial charge in [0, 0.05) is 13.0 Å². The van der Waals surface area contributed by atoms with E-state index in [0.717, 1.165) is 12.8 Å². The molecular formula is C10H15FO3. The quantitative estimate of drug-likeness (QED) is 0.756. The van der Waals surface area contributed by atoms with Crippen LogP contribution >= 0.6 is 0 Å². The van der Waals surface area contributed by atoms with Crippen molar-refractivity contribution in [2.24, 2.45) is 11.3 Å². The van der Waals surface area contributed by atoms with Crippen LogP contribution in [0.4, 0.5) is 4.39 Å². The summed E-state index contributed by atoms with van der Waals surface area (Å²) in [6, 6.07) is 0. The van der Waals surface area contributed by atoms with Gasteiger partial charge in [0.15, 0.2) is 0 Å². The summed E-state index contributed by atoms with van der Waals surface area (Å²) in [5.74, 6) is -0.623. The predicted molar refractivity (Wildman–Crippen MR) is 47.7 cm³/mol. The molecule has 80 valence electrons. The molecule has 0 bridgehead atoms. The second-order valence-electron chi connectivity index (χ2n) is 4.42. The number of rotatable bonds is 3. The topological polar surface area (TPSA) is 46.5 Å². The molecule has 2 fully saturated rings. The van der Waals surface area contributed by atoms with Gasteiger partial charge in [-0.2, -0.15) is 0 Å². The Bertz CT molecular complexity index is 240. The number of carbonyl (C=O) groups is 1. The van der Waals surface area contributed by atoms with Gasteiger partial charge in [-0.15, -0.1) is 0 Å². The largest absolute Gasteiger partial charge is 0.481 e.